The summed E-state index contributed by atoms with van der Waals surface area (Å²) in [7, 11) is -9.82. The molecule has 0 amide bonds. The first-order chi connectivity index (χ1) is 58.2. The van der Waals surface area contributed by atoms with Gasteiger partial charge in [0.1, 0.15) is 25.4 Å². The molecule has 0 aromatic rings. The summed E-state index contributed by atoms with van der Waals surface area (Å²) in [5.74, 6) is -1.59. The summed E-state index contributed by atoms with van der Waals surface area (Å²) in [5, 5.41) is 20.8. The molecule has 119 heavy (non-hydrogen) atoms. The fourth-order valence-electron chi connectivity index (χ4n) is 12.5. The van der Waals surface area contributed by atoms with Crippen molar-refractivity contribution in [2.24, 2.45) is 0 Å². The number of phosphoric ester groups is 2. The number of ether oxygens (including phenoxy) is 3. The molecule has 0 saturated heterocycles. The second-order valence-electron chi connectivity index (χ2n) is 31.0. The quantitative estimate of drug-likeness (QED) is 0.0146. The maximum atomic E-state index is 13.1. The molecule has 0 saturated carbocycles. The van der Waals surface area contributed by atoms with E-state index in [1.807, 2.05) is 0 Å². The van der Waals surface area contributed by atoms with Gasteiger partial charge < -0.3 is 34.2 Å². The number of aliphatic hydroxyl groups is 2. The zero-order valence-electron chi connectivity index (χ0n) is 75.0. The number of allylic oxidation sites excluding steroid dienone is 30. The molecule has 0 aromatic carbocycles. The molecule has 0 rings (SSSR count). The largest absolute Gasteiger partial charge is 0.472 e. The van der Waals surface area contributed by atoms with Crippen LogP contribution in [0.15, 0.2) is 182 Å². The molecule has 16 nitrogen and oxygen atoms in total. The normalized spacial score (nSPS) is 14.6. The second-order valence-corrected chi connectivity index (χ2v) is 34.0. The number of aliphatic hydroxyl groups excluding tert-OH is 2. The van der Waals surface area contributed by atoms with Crippen LogP contribution >= 0.6 is 15.6 Å². The molecule has 0 aliphatic rings. The van der Waals surface area contributed by atoms with Crippen molar-refractivity contribution in [3.63, 3.8) is 0 Å². The zero-order chi connectivity index (χ0) is 86.5. The Balaban J connectivity index is 4.67. The lowest BCUT2D eigenvalue weighted by Gasteiger charge is -2.21. The van der Waals surface area contributed by atoms with Gasteiger partial charge in [0, 0.05) is 19.3 Å². The van der Waals surface area contributed by atoms with Crippen LogP contribution in [0.5, 0.6) is 0 Å². The van der Waals surface area contributed by atoms with E-state index in [0.29, 0.717) is 19.3 Å². The molecule has 0 aliphatic heterocycles. The molecule has 0 bridgehead atoms. The molecule has 0 spiro atoms. The fourth-order valence-corrected chi connectivity index (χ4v) is 14.1. The summed E-state index contributed by atoms with van der Waals surface area (Å²) in [5.41, 5.74) is 0. The van der Waals surface area contributed by atoms with E-state index >= 15 is 0 Å². The highest BCUT2D eigenvalue weighted by atomic mass is 31.2. The molecule has 4 N–H and O–H groups in total. The van der Waals surface area contributed by atoms with E-state index < -0.39 is 91.5 Å². The third-order valence-corrected chi connectivity index (χ3v) is 21.5. The van der Waals surface area contributed by atoms with E-state index in [-0.39, 0.29) is 19.3 Å². The van der Waals surface area contributed by atoms with Gasteiger partial charge in [0.05, 0.1) is 26.4 Å². The first-order valence-corrected chi connectivity index (χ1v) is 50.1. The van der Waals surface area contributed by atoms with Crippen molar-refractivity contribution in [2.75, 3.05) is 39.6 Å². The third-order valence-electron chi connectivity index (χ3n) is 19.6. The van der Waals surface area contributed by atoms with Crippen molar-refractivity contribution < 1.29 is 75.8 Å². The van der Waals surface area contributed by atoms with E-state index in [0.717, 1.165) is 186 Å². The van der Waals surface area contributed by atoms with Gasteiger partial charge in [-0.1, -0.05) is 383 Å². The number of hydrogen-bond donors (Lipinski definition) is 4. The fraction of sp³-hybridized carbons (Fsp3) is 0.673. The van der Waals surface area contributed by atoms with E-state index in [9.17, 15) is 43.5 Å². The maximum absolute atomic E-state index is 13.1. The number of unbranched alkanes of at least 4 members (excludes halogenated alkanes) is 35. The van der Waals surface area contributed by atoms with Gasteiger partial charge in [0.25, 0.3) is 0 Å². The Kier molecular flexibility index (Phi) is 87.7. The van der Waals surface area contributed by atoms with Crippen LogP contribution < -0.4 is 0 Å². The molecule has 0 aromatic heterocycles. The summed E-state index contributed by atoms with van der Waals surface area (Å²) in [6, 6.07) is 0. The van der Waals surface area contributed by atoms with Gasteiger partial charge >= 0.3 is 33.6 Å². The molecule has 0 fully saturated rings. The molecule has 0 heterocycles. The number of phosphoric acid groups is 2. The predicted octanol–water partition coefficient (Wildman–Crippen LogP) is 29.2. The lowest BCUT2D eigenvalue weighted by atomic mass is 10.0. The first-order valence-electron chi connectivity index (χ1n) is 47.1. The standard InChI is InChI=1S/C101H170O16P2/c1-4-7-10-13-16-19-22-25-28-31-34-37-40-43-45-47-49-52-54-57-60-63-66-69-72-75-78-81-84-87-99(104)111-90-96(102)91-113-118(107,108)114-92-97(103)93-115-119(109,110)116-95-98(117-101(106)89-86-83-80-77-74-71-68-65-62-59-56-51-42-39-36-33-30-27-24-21-18-15-12-9-6-3)94-112-100(105)88-85-82-79-76-73-70-67-64-61-58-55-53-50-48-46-44-41-38-35-32-29-26-23-20-17-14-11-8-5-2/h7,9-10,12,16-21,25-30,34-39,43-46,51,56,62,65,96-98,102-103H,4-6,8,11,13-15,22-24,31-33,40-42,47-50,52-55,57-61,63-64,66-95H2,1-3H3,(H,107,108)(H,109,110)/b10-7-,12-9-,19-16-,20-17-,21-18-,28-25-,29-26-,30-27-,37-34-,38-35-,39-36-,45-43-,46-44-,56-51-,65-62-. The topological polar surface area (TPSA) is 231 Å². The lowest BCUT2D eigenvalue weighted by molar-refractivity contribution is -0.161. The molecule has 18 heteroatoms. The van der Waals surface area contributed by atoms with Crippen molar-refractivity contribution in [1.29, 1.82) is 0 Å². The second kappa shape index (κ2) is 91.8. The van der Waals surface area contributed by atoms with Crippen LogP contribution in [0.4, 0.5) is 0 Å². The summed E-state index contributed by atoms with van der Waals surface area (Å²) in [6.45, 7) is 2.45. The van der Waals surface area contributed by atoms with Gasteiger partial charge in [-0.3, -0.25) is 32.5 Å². The lowest BCUT2D eigenvalue weighted by Crippen LogP contribution is -2.30. The van der Waals surface area contributed by atoms with Crippen LogP contribution in [-0.4, -0.2) is 95.9 Å². The van der Waals surface area contributed by atoms with Gasteiger partial charge in [0.15, 0.2) is 6.10 Å². The van der Waals surface area contributed by atoms with Gasteiger partial charge in [0.2, 0.25) is 0 Å². The number of hydrogen-bond acceptors (Lipinski definition) is 14. The summed E-state index contributed by atoms with van der Waals surface area (Å²) >= 11 is 0. The molecular formula is C101H170O16P2. The van der Waals surface area contributed by atoms with Gasteiger partial charge in [-0.25, -0.2) is 9.13 Å². The number of rotatable bonds is 88. The molecule has 5 unspecified atom stereocenters. The van der Waals surface area contributed by atoms with Crippen LogP contribution in [-0.2, 0) is 55.8 Å². The van der Waals surface area contributed by atoms with Crippen LogP contribution in [0.2, 0.25) is 0 Å². The maximum Gasteiger partial charge on any atom is 0.472 e. The van der Waals surface area contributed by atoms with E-state index in [1.54, 1.807) is 0 Å². The van der Waals surface area contributed by atoms with Crippen molar-refractivity contribution in [3.8, 4) is 0 Å². The zero-order valence-corrected chi connectivity index (χ0v) is 76.8. The average Bonchev–Trinajstić information content (AvgIpc) is 0.902. The minimum Gasteiger partial charge on any atom is -0.463 e. The summed E-state index contributed by atoms with van der Waals surface area (Å²) < 4.78 is 61.5. The van der Waals surface area contributed by atoms with Crippen LogP contribution in [0.25, 0.3) is 0 Å². The third kappa shape index (κ3) is 93.2. The predicted molar refractivity (Wildman–Crippen MR) is 500 cm³/mol. The van der Waals surface area contributed by atoms with E-state index in [4.69, 9.17) is 32.3 Å². The Bertz CT molecular complexity index is 2890. The summed E-state index contributed by atoms with van der Waals surface area (Å²) in [6.07, 6.45) is 121. The smallest absolute Gasteiger partial charge is 0.463 e. The highest BCUT2D eigenvalue weighted by molar-refractivity contribution is 7.47. The minimum atomic E-state index is -4.95. The van der Waals surface area contributed by atoms with Crippen LogP contribution in [0.3, 0.4) is 0 Å². The Morgan fingerprint density at radius 1 is 0.244 bits per heavy atom. The molecule has 5 atom stereocenters. The summed E-state index contributed by atoms with van der Waals surface area (Å²) in [4.78, 5) is 59.1. The van der Waals surface area contributed by atoms with E-state index in [2.05, 4.69) is 203 Å². The Morgan fingerprint density at radius 2 is 0.445 bits per heavy atom. The first kappa shape index (κ1) is 114. The molecule has 0 radical (unpaired) electrons. The highest BCUT2D eigenvalue weighted by Gasteiger charge is 2.29. The molecular weight excluding hydrogens is 1530 g/mol. The highest BCUT2D eigenvalue weighted by Crippen LogP contribution is 2.45. The SMILES string of the molecule is CC/C=C\C/C=C\C/C=C\C/C=C\C/C=C\C/C=C\CCCCCCCCC(=O)OC(COC(=O)CCCCCCCCCCCCCCC/C=C\C/C=C\C/C=C\C/C=C\CCCCC)COP(=O)(O)OCC(O)COP(=O)(O)OCC(O)COC(=O)CCCCCCCCCCCCCCC/C=C\C/C=C\C/C=C\C/C=C\C/C=C\CC. The molecule has 0 aliphatic carbocycles. The van der Waals surface area contributed by atoms with Gasteiger partial charge in [-0.05, 0) is 161 Å². The van der Waals surface area contributed by atoms with Crippen molar-refractivity contribution in [2.45, 2.75) is 399 Å². The van der Waals surface area contributed by atoms with Crippen LogP contribution in [0, 0.1) is 0 Å². The average molecular weight is 1700 g/mol. The van der Waals surface area contributed by atoms with E-state index in [1.165, 1.54) is 135 Å². The van der Waals surface area contributed by atoms with Gasteiger partial charge in [-0.15, -0.1) is 0 Å². The van der Waals surface area contributed by atoms with Crippen LogP contribution in [0.1, 0.15) is 380 Å². The van der Waals surface area contributed by atoms with Crippen molar-refractivity contribution in [3.05, 3.63) is 182 Å². The van der Waals surface area contributed by atoms with Gasteiger partial charge in [-0.2, -0.15) is 0 Å². The number of carbonyl (C=O) groups excluding carboxylic acids is 3. The number of esters is 3. The Morgan fingerprint density at radius 3 is 0.706 bits per heavy atom. The monoisotopic (exact) mass is 1700 g/mol. The minimum absolute atomic E-state index is 0.0817. The Hall–Kier alpha value is -5.35. The van der Waals surface area contributed by atoms with Crippen molar-refractivity contribution in [1.82, 2.24) is 0 Å². The van der Waals surface area contributed by atoms with Crippen molar-refractivity contribution >= 4 is 33.6 Å². The molecule has 680 valence electrons. The Labute approximate surface area is 725 Å². The number of carbonyl (C=O) groups is 3.